The molecule has 2 N–H and O–H groups in total. The van der Waals surface area contributed by atoms with Gasteiger partial charge in [-0.05, 0) is 79.5 Å². The number of ether oxygens (including phenoxy) is 1. The SMILES string of the molecule is COc1cc(P(C)C)ccc1NCC#Cc1sc2c(NC3C4CCC3CN(C)C4)cccc2c1CC(F)(F)F. The van der Waals surface area contributed by atoms with Crippen LogP contribution in [0.15, 0.2) is 36.4 Å². The third kappa shape index (κ3) is 6.32. The van der Waals surface area contributed by atoms with Gasteiger partial charge in [0.05, 0.1) is 41.0 Å². The molecule has 1 saturated carbocycles. The Hall–Kier alpha value is -2.46. The summed E-state index contributed by atoms with van der Waals surface area (Å²) >= 11 is 1.37. The summed E-state index contributed by atoms with van der Waals surface area (Å²) in [6, 6.07) is 12.1. The molecule has 0 amide bonds. The predicted molar refractivity (Wildman–Crippen MR) is 159 cm³/mol. The molecule has 1 aliphatic carbocycles. The average molecular weight is 574 g/mol. The highest BCUT2D eigenvalue weighted by molar-refractivity contribution is 7.64. The second-order valence-corrected chi connectivity index (χ2v) is 14.1. The molecule has 1 saturated heterocycles. The number of alkyl halides is 3. The minimum absolute atomic E-state index is 0.248. The van der Waals surface area contributed by atoms with Crippen LogP contribution >= 0.6 is 19.3 Å². The fraction of sp³-hybridized carbons (Fsp3) is 0.467. The number of methoxy groups -OCH3 is 1. The minimum Gasteiger partial charge on any atom is -0.495 e. The van der Waals surface area contributed by atoms with Crippen molar-refractivity contribution in [2.45, 2.75) is 31.5 Å². The highest BCUT2D eigenvalue weighted by atomic mass is 32.1. The van der Waals surface area contributed by atoms with Crippen LogP contribution in [0.3, 0.4) is 0 Å². The van der Waals surface area contributed by atoms with Gasteiger partial charge in [0.25, 0.3) is 0 Å². The van der Waals surface area contributed by atoms with Gasteiger partial charge in [0.2, 0.25) is 0 Å². The van der Waals surface area contributed by atoms with Gasteiger partial charge in [0.1, 0.15) is 5.75 Å². The minimum atomic E-state index is -4.31. The van der Waals surface area contributed by atoms with Crippen molar-refractivity contribution in [3.63, 3.8) is 0 Å². The summed E-state index contributed by atoms with van der Waals surface area (Å²) in [5, 5.41) is 8.90. The van der Waals surface area contributed by atoms with Crippen LogP contribution in [-0.2, 0) is 6.42 Å². The number of fused-ring (bicyclic) bond motifs is 3. The van der Waals surface area contributed by atoms with E-state index in [1.807, 2.05) is 24.3 Å². The molecule has 1 aromatic heterocycles. The number of hydrogen-bond acceptors (Lipinski definition) is 5. The molecule has 9 heteroatoms. The van der Waals surface area contributed by atoms with E-state index in [9.17, 15) is 13.2 Å². The lowest BCUT2D eigenvalue weighted by atomic mass is 9.92. The molecular formula is C30H35F3N3OPS. The number of benzene rings is 2. The Morgan fingerprint density at radius 2 is 1.85 bits per heavy atom. The number of hydrogen-bond donors (Lipinski definition) is 2. The first kappa shape index (κ1) is 28.1. The Labute approximate surface area is 234 Å². The summed E-state index contributed by atoms with van der Waals surface area (Å²) in [6.07, 6.45) is -2.91. The van der Waals surface area contributed by atoms with E-state index < -0.39 is 12.6 Å². The van der Waals surface area contributed by atoms with Crippen molar-refractivity contribution in [3.8, 4) is 17.6 Å². The normalized spacial score (nSPS) is 21.2. The van der Waals surface area contributed by atoms with Gasteiger partial charge >= 0.3 is 6.18 Å². The topological polar surface area (TPSA) is 36.5 Å². The van der Waals surface area contributed by atoms with Crippen LogP contribution in [0.2, 0.25) is 0 Å². The number of piperidine rings is 1. The van der Waals surface area contributed by atoms with E-state index in [0.29, 0.717) is 34.7 Å². The molecule has 2 unspecified atom stereocenters. The van der Waals surface area contributed by atoms with Crippen LogP contribution in [0, 0.1) is 23.7 Å². The Bertz CT molecular complexity index is 1380. The van der Waals surface area contributed by atoms with Crippen molar-refractivity contribution in [2.75, 3.05) is 57.8 Å². The molecule has 4 nitrogen and oxygen atoms in total. The summed E-state index contributed by atoms with van der Waals surface area (Å²) in [4.78, 5) is 2.87. The molecule has 3 aromatic rings. The lowest BCUT2D eigenvalue weighted by Gasteiger charge is -2.37. The standard InChI is InChI=1S/C30H35F3N3OPS/c1-36-17-19-10-11-20(18-36)28(19)35-25-8-5-7-22-23(16-30(31,32)33)27(39-29(22)25)9-6-14-34-24-13-12-21(38(3)4)15-26(24)37-2/h5,7-8,12-13,15,19-20,28,34-35H,10-11,14,16-18H2,1-4H3. The maximum atomic E-state index is 13.6. The first-order valence-electron chi connectivity index (χ1n) is 13.3. The van der Waals surface area contributed by atoms with Gasteiger partial charge in [-0.2, -0.15) is 13.2 Å². The molecule has 39 heavy (non-hydrogen) atoms. The number of nitrogens with zero attached hydrogens (tertiary/aromatic N) is 1. The summed E-state index contributed by atoms with van der Waals surface area (Å²) in [7, 11) is 3.55. The highest BCUT2D eigenvalue weighted by Gasteiger charge is 2.41. The van der Waals surface area contributed by atoms with Gasteiger partial charge in [0, 0.05) is 19.1 Å². The summed E-state index contributed by atoms with van der Waals surface area (Å²) in [5.74, 6) is 8.00. The fourth-order valence-corrected chi connectivity index (χ4v) is 7.92. The van der Waals surface area contributed by atoms with E-state index in [2.05, 4.69) is 53.8 Å². The molecule has 2 aromatic carbocycles. The van der Waals surface area contributed by atoms with Crippen LogP contribution in [0.1, 0.15) is 23.3 Å². The van der Waals surface area contributed by atoms with Crippen molar-refractivity contribution in [1.29, 1.82) is 0 Å². The highest BCUT2D eigenvalue weighted by Crippen LogP contribution is 2.42. The predicted octanol–water partition coefficient (Wildman–Crippen LogP) is 6.60. The van der Waals surface area contributed by atoms with Crippen molar-refractivity contribution in [2.24, 2.45) is 11.8 Å². The largest absolute Gasteiger partial charge is 0.495 e. The van der Waals surface area contributed by atoms with Crippen LogP contribution in [-0.4, -0.2) is 64.2 Å². The molecule has 2 atom stereocenters. The Kier molecular flexibility index (Phi) is 8.33. The smallest absolute Gasteiger partial charge is 0.393 e. The van der Waals surface area contributed by atoms with Crippen LogP contribution < -0.4 is 20.7 Å². The summed E-state index contributed by atoms with van der Waals surface area (Å²) in [5.41, 5.74) is 2.01. The molecule has 0 spiro atoms. The first-order chi connectivity index (χ1) is 18.6. The first-order valence-corrected chi connectivity index (χ1v) is 16.3. The number of anilines is 2. The summed E-state index contributed by atoms with van der Waals surface area (Å²) < 4.78 is 47.3. The molecular weight excluding hydrogens is 538 g/mol. The van der Waals surface area contributed by atoms with E-state index in [-0.39, 0.29) is 13.5 Å². The van der Waals surface area contributed by atoms with Crippen LogP contribution in [0.25, 0.3) is 10.1 Å². The van der Waals surface area contributed by atoms with Gasteiger partial charge in [0.15, 0.2) is 0 Å². The second kappa shape index (κ2) is 11.6. The van der Waals surface area contributed by atoms with Crippen LogP contribution in [0.5, 0.6) is 5.75 Å². The van der Waals surface area contributed by atoms with E-state index in [0.717, 1.165) is 34.9 Å². The van der Waals surface area contributed by atoms with Gasteiger partial charge < -0.3 is 20.3 Å². The zero-order chi connectivity index (χ0) is 27.7. The molecule has 2 bridgehead atoms. The number of rotatable bonds is 7. The average Bonchev–Trinajstić information content (AvgIpc) is 3.34. The van der Waals surface area contributed by atoms with Gasteiger partial charge in [-0.25, -0.2) is 0 Å². The number of thiophene rings is 1. The molecule has 208 valence electrons. The molecule has 0 radical (unpaired) electrons. The quantitative estimate of drug-likeness (QED) is 0.247. The molecule has 1 aliphatic heterocycles. The summed E-state index contributed by atoms with van der Waals surface area (Å²) in [6.45, 7) is 6.79. The lowest BCUT2D eigenvalue weighted by molar-refractivity contribution is -0.126. The maximum Gasteiger partial charge on any atom is 0.393 e. The van der Waals surface area contributed by atoms with E-state index >= 15 is 0 Å². The number of nitrogens with one attached hydrogen (secondary N) is 2. The van der Waals surface area contributed by atoms with Gasteiger partial charge in [-0.3, -0.25) is 0 Å². The third-order valence-electron chi connectivity index (χ3n) is 7.80. The monoisotopic (exact) mass is 573 g/mol. The molecule has 5 rings (SSSR count). The Morgan fingerprint density at radius 3 is 2.51 bits per heavy atom. The van der Waals surface area contributed by atoms with Crippen molar-refractivity contribution in [1.82, 2.24) is 4.90 Å². The van der Waals surface area contributed by atoms with E-state index in [1.165, 1.54) is 29.5 Å². The zero-order valence-corrected chi connectivity index (χ0v) is 24.5. The van der Waals surface area contributed by atoms with Gasteiger partial charge in [-0.1, -0.05) is 38.0 Å². The molecule has 2 fully saturated rings. The van der Waals surface area contributed by atoms with Crippen molar-refractivity contribution < 1.29 is 17.9 Å². The maximum absolute atomic E-state index is 13.6. The van der Waals surface area contributed by atoms with E-state index in [1.54, 1.807) is 13.2 Å². The van der Waals surface area contributed by atoms with E-state index in [4.69, 9.17) is 4.74 Å². The number of likely N-dealkylation sites (tertiary alicyclic amines) is 1. The third-order valence-corrected chi connectivity index (χ3v) is 10.3. The lowest BCUT2D eigenvalue weighted by Crippen LogP contribution is -2.46. The Morgan fingerprint density at radius 1 is 1.10 bits per heavy atom. The second-order valence-electron chi connectivity index (χ2n) is 10.8. The molecule has 2 heterocycles. The van der Waals surface area contributed by atoms with Crippen LogP contribution in [0.4, 0.5) is 24.5 Å². The zero-order valence-electron chi connectivity index (χ0n) is 22.8. The number of halogens is 3. The van der Waals surface area contributed by atoms with Gasteiger partial charge in [-0.15, -0.1) is 11.3 Å². The van der Waals surface area contributed by atoms with Crippen molar-refractivity contribution >= 4 is 46.0 Å². The molecule has 2 aliphatic rings. The fourth-order valence-electron chi connectivity index (χ4n) is 6.00. The van der Waals surface area contributed by atoms with Crippen molar-refractivity contribution in [3.05, 3.63) is 46.8 Å². The Balaban J connectivity index is 1.41.